The largest absolute Gasteiger partial charge is 0.339 e. The zero-order valence-electron chi connectivity index (χ0n) is 12.8. The van der Waals surface area contributed by atoms with Crippen molar-refractivity contribution >= 4 is 15.9 Å². The third-order valence-corrected chi connectivity index (χ3v) is 3.99. The molecule has 0 aliphatic rings. The van der Waals surface area contributed by atoms with Gasteiger partial charge in [-0.3, -0.25) is 0 Å². The van der Waals surface area contributed by atoms with Crippen molar-refractivity contribution < 1.29 is 4.52 Å². The molecular formula is C16H22BrN3O. The Kier molecular flexibility index (Phi) is 5.94. The van der Waals surface area contributed by atoms with Gasteiger partial charge in [0.1, 0.15) is 0 Å². The van der Waals surface area contributed by atoms with Crippen molar-refractivity contribution in [3.63, 3.8) is 0 Å². The van der Waals surface area contributed by atoms with Crippen LogP contribution >= 0.6 is 15.9 Å². The van der Waals surface area contributed by atoms with E-state index in [9.17, 15) is 0 Å². The maximum Gasteiger partial charge on any atom is 0.228 e. The maximum absolute atomic E-state index is 5.40. The first-order valence-electron chi connectivity index (χ1n) is 7.46. The van der Waals surface area contributed by atoms with E-state index < -0.39 is 0 Å². The van der Waals surface area contributed by atoms with Crippen LogP contribution in [0.3, 0.4) is 0 Å². The van der Waals surface area contributed by atoms with Crippen molar-refractivity contribution in [2.24, 2.45) is 0 Å². The molecule has 0 radical (unpaired) electrons. The summed E-state index contributed by atoms with van der Waals surface area (Å²) in [6, 6.07) is 6.46. The van der Waals surface area contributed by atoms with E-state index in [1.165, 1.54) is 0 Å². The number of nitrogens with one attached hydrogen (secondary N) is 1. The normalized spacial score (nSPS) is 12.6. The molecule has 1 N–H and O–H groups in total. The Bertz CT molecular complexity index is 583. The van der Waals surface area contributed by atoms with Crippen molar-refractivity contribution in [1.29, 1.82) is 0 Å². The average molecular weight is 352 g/mol. The van der Waals surface area contributed by atoms with Gasteiger partial charge in [-0.05, 0) is 50.1 Å². The number of nitrogens with zero attached hydrogens (tertiary/aromatic N) is 2. The SMILES string of the molecule is CCCNC(CC)Cc1nc(-c2ccc(Br)cc2C)no1. The van der Waals surface area contributed by atoms with E-state index in [1.807, 2.05) is 19.1 Å². The molecule has 0 aliphatic carbocycles. The minimum Gasteiger partial charge on any atom is -0.339 e. The number of halogens is 1. The van der Waals surface area contributed by atoms with Gasteiger partial charge in [0.25, 0.3) is 0 Å². The van der Waals surface area contributed by atoms with Crippen molar-refractivity contribution in [2.75, 3.05) is 6.54 Å². The van der Waals surface area contributed by atoms with Gasteiger partial charge in [-0.1, -0.05) is 34.9 Å². The number of benzene rings is 1. The average Bonchev–Trinajstić information content (AvgIpc) is 2.91. The molecule has 0 bridgehead atoms. The smallest absolute Gasteiger partial charge is 0.228 e. The third-order valence-electron chi connectivity index (χ3n) is 3.49. The van der Waals surface area contributed by atoms with Gasteiger partial charge in [0.2, 0.25) is 11.7 Å². The lowest BCUT2D eigenvalue weighted by Gasteiger charge is -2.13. The molecule has 4 nitrogen and oxygen atoms in total. The monoisotopic (exact) mass is 351 g/mol. The van der Waals surface area contributed by atoms with Gasteiger partial charge in [0.05, 0.1) is 0 Å². The van der Waals surface area contributed by atoms with E-state index in [0.717, 1.165) is 41.4 Å². The first-order valence-corrected chi connectivity index (χ1v) is 8.25. The van der Waals surface area contributed by atoms with Crippen LogP contribution < -0.4 is 5.32 Å². The summed E-state index contributed by atoms with van der Waals surface area (Å²) >= 11 is 3.47. The van der Waals surface area contributed by atoms with Gasteiger partial charge in [0, 0.05) is 22.5 Å². The highest BCUT2D eigenvalue weighted by Gasteiger charge is 2.14. The van der Waals surface area contributed by atoms with Gasteiger partial charge in [0.15, 0.2) is 0 Å². The summed E-state index contributed by atoms with van der Waals surface area (Å²) in [6.07, 6.45) is 2.96. The molecule has 21 heavy (non-hydrogen) atoms. The Morgan fingerprint density at radius 3 is 2.81 bits per heavy atom. The summed E-state index contributed by atoms with van der Waals surface area (Å²) in [4.78, 5) is 4.53. The van der Waals surface area contributed by atoms with Crippen molar-refractivity contribution in [2.45, 2.75) is 46.1 Å². The van der Waals surface area contributed by atoms with Gasteiger partial charge < -0.3 is 9.84 Å². The van der Waals surface area contributed by atoms with Crippen LogP contribution in [0.4, 0.5) is 0 Å². The molecule has 1 heterocycles. The van der Waals surface area contributed by atoms with Crippen LogP contribution in [0.5, 0.6) is 0 Å². The van der Waals surface area contributed by atoms with Gasteiger partial charge in [-0.25, -0.2) is 0 Å². The second-order valence-corrected chi connectivity index (χ2v) is 6.15. The highest BCUT2D eigenvalue weighted by molar-refractivity contribution is 9.10. The molecule has 0 saturated heterocycles. The van der Waals surface area contributed by atoms with E-state index in [4.69, 9.17) is 4.52 Å². The fourth-order valence-electron chi connectivity index (χ4n) is 2.25. The van der Waals surface area contributed by atoms with Crippen LogP contribution in [-0.4, -0.2) is 22.7 Å². The first kappa shape index (κ1) is 16.2. The van der Waals surface area contributed by atoms with Crippen molar-refractivity contribution in [1.82, 2.24) is 15.5 Å². The molecule has 5 heteroatoms. The minimum absolute atomic E-state index is 0.393. The Morgan fingerprint density at radius 1 is 1.33 bits per heavy atom. The Balaban J connectivity index is 2.10. The Morgan fingerprint density at radius 2 is 2.14 bits per heavy atom. The molecule has 0 amide bonds. The van der Waals surface area contributed by atoms with Crippen LogP contribution in [-0.2, 0) is 6.42 Å². The zero-order valence-corrected chi connectivity index (χ0v) is 14.4. The van der Waals surface area contributed by atoms with E-state index >= 15 is 0 Å². The molecule has 0 aliphatic heterocycles. The Hall–Kier alpha value is -1.20. The molecule has 114 valence electrons. The summed E-state index contributed by atoms with van der Waals surface area (Å²) in [5, 5.41) is 7.62. The van der Waals surface area contributed by atoms with Crippen LogP contribution in [0.2, 0.25) is 0 Å². The molecule has 1 aromatic heterocycles. The molecule has 1 atom stereocenters. The number of rotatable bonds is 7. The van der Waals surface area contributed by atoms with Crippen LogP contribution in [0, 0.1) is 6.92 Å². The molecule has 0 spiro atoms. The van der Waals surface area contributed by atoms with Crippen molar-refractivity contribution in [3.05, 3.63) is 34.1 Å². The van der Waals surface area contributed by atoms with E-state index in [0.29, 0.717) is 17.8 Å². The number of aromatic nitrogens is 2. The summed E-state index contributed by atoms with van der Waals surface area (Å²) in [7, 11) is 0. The topological polar surface area (TPSA) is 51.0 Å². The lowest BCUT2D eigenvalue weighted by Crippen LogP contribution is -2.31. The predicted octanol–water partition coefficient (Wildman–Crippen LogP) is 4.13. The first-order chi connectivity index (χ1) is 10.1. The summed E-state index contributed by atoms with van der Waals surface area (Å²) in [6.45, 7) is 7.41. The zero-order chi connectivity index (χ0) is 15.2. The summed E-state index contributed by atoms with van der Waals surface area (Å²) in [5.41, 5.74) is 2.15. The van der Waals surface area contributed by atoms with E-state index in [2.05, 4.69) is 51.3 Å². The lowest BCUT2D eigenvalue weighted by atomic mass is 10.1. The molecule has 0 saturated carbocycles. The molecule has 1 unspecified atom stereocenters. The second kappa shape index (κ2) is 7.71. The number of hydrogen-bond acceptors (Lipinski definition) is 4. The number of hydrogen-bond donors (Lipinski definition) is 1. The highest BCUT2D eigenvalue weighted by Crippen LogP contribution is 2.24. The quantitative estimate of drug-likeness (QED) is 0.814. The van der Waals surface area contributed by atoms with Crippen LogP contribution in [0.1, 0.15) is 38.1 Å². The van der Waals surface area contributed by atoms with Crippen LogP contribution in [0.15, 0.2) is 27.2 Å². The molecule has 2 aromatic rings. The summed E-state index contributed by atoms with van der Waals surface area (Å²) < 4.78 is 6.46. The van der Waals surface area contributed by atoms with Gasteiger partial charge >= 0.3 is 0 Å². The number of aryl methyl sites for hydroxylation is 1. The highest BCUT2D eigenvalue weighted by atomic mass is 79.9. The summed E-state index contributed by atoms with van der Waals surface area (Å²) in [5.74, 6) is 1.36. The maximum atomic E-state index is 5.40. The molecule has 1 aromatic carbocycles. The molecule has 2 rings (SSSR count). The lowest BCUT2D eigenvalue weighted by molar-refractivity contribution is 0.354. The van der Waals surface area contributed by atoms with Crippen LogP contribution in [0.25, 0.3) is 11.4 Å². The standard InChI is InChI=1S/C16H22BrN3O/c1-4-8-18-13(5-2)10-15-19-16(20-21-15)14-7-6-12(17)9-11(14)3/h6-7,9,13,18H,4-5,8,10H2,1-3H3. The van der Waals surface area contributed by atoms with Gasteiger partial charge in [-0.15, -0.1) is 0 Å². The molecule has 0 fully saturated rings. The second-order valence-electron chi connectivity index (χ2n) is 5.23. The van der Waals surface area contributed by atoms with Crippen molar-refractivity contribution in [3.8, 4) is 11.4 Å². The van der Waals surface area contributed by atoms with E-state index in [-0.39, 0.29) is 0 Å². The van der Waals surface area contributed by atoms with Gasteiger partial charge in [-0.2, -0.15) is 4.98 Å². The fraction of sp³-hybridized carbons (Fsp3) is 0.500. The minimum atomic E-state index is 0.393. The molecular weight excluding hydrogens is 330 g/mol. The van der Waals surface area contributed by atoms with E-state index in [1.54, 1.807) is 0 Å². The fourth-order valence-corrected chi connectivity index (χ4v) is 2.72. The third kappa shape index (κ3) is 4.38. The Labute approximate surface area is 134 Å². The predicted molar refractivity (Wildman–Crippen MR) is 88.2 cm³/mol.